The van der Waals surface area contributed by atoms with Crippen molar-refractivity contribution in [2.45, 2.75) is 31.9 Å². The van der Waals surface area contributed by atoms with Crippen LogP contribution in [-0.4, -0.2) is 46.1 Å². The summed E-state index contributed by atoms with van der Waals surface area (Å²) in [6.45, 7) is 1.96. The summed E-state index contributed by atoms with van der Waals surface area (Å²) in [6, 6.07) is 9.76. The molecule has 1 aliphatic carbocycles. The molecule has 0 bridgehead atoms. The van der Waals surface area contributed by atoms with Crippen LogP contribution in [0.25, 0.3) is 0 Å². The second kappa shape index (κ2) is 9.14. The number of aliphatic carboxylic acids is 2. The number of aliphatic hydroxyl groups excluding tert-OH is 1. The van der Waals surface area contributed by atoms with E-state index in [1.54, 1.807) is 0 Å². The monoisotopic (exact) mass is 337 g/mol. The van der Waals surface area contributed by atoms with Gasteiger partial charge in [0, 0.05) is 18.9 Å². The minimum atomic E-state index is -1.20. The number of benzene rings is 1. The lowest BCUT2D eigenvalue weighted by Crippen LogP contribution is -2.28. The number of carbonyl (C=O) groups excluding carboxylic acids is 1. The van der Waals surface area contributed by atoms with Crippen molar-refractivity contribution >= 4 is 17.7 Å². The maximum atomic E-state index is 10.7. The van der Waals surface area contributed by atoms with Crippen molar-refractivity contribution in [3.05, 3.63) is 35.9 Å². The molecule has 0 amide bonds. The average molecular weight is 337 g/mol. The van der Waals surface area contributed by atoms with Crippen molar-refractivity contribution in [1.29, 1.82) is 0 Å². The first-order valence-corrected chi connectivity index (χ1v) is 7.65. The average Bonchev–Trinajstić information content (AvgIpc) is 2.97. The summed E-state index contributed by atoms with van der Waals surface area (Å²) in [5.74, 6) is -4.75. The van der Waals surface area contributed by atoms with Crippen molar-refractivity contribution in [3.63, 3.8) is 0 Å². The fraction of sp³-hybridized carbons (Fsp3) is 0.471. The lowest BCUT2D eigenvalue weighted by atomic mass is 9.97. The van der Waals surface area contributed by atoms with Crippen LogP contribution >= 0.6 is 0 Å². The topological polar surface area (TPSA) is 124 Å². The zero-order chi connectivity index (χ0) is 18.3. The number of ketones is 1. The molecule has 1 saturated carbocycles. The fourth-order valence-electron chi connectivity index (χ4n) is 2.47. The van der Waals surface area contributed by atoms with Crippen LogP contribution in [-0.2, 0) is 14.4 Å². The molecule has 1 aromatic carbocycles. The molecule has 2 rings (SSSR count). The number of nitrogens with one attached hydrogen (secondary N) is 1. The molecule has 7 heteroatoms. The molecule has 0 unspecified atom stereocenters. The van der Waals surface area contributed by atoms with Crippen LogP contribution in [0.2, 0.25) is 0 Å². The van der Waals surface area contributed by atoms with Crippen molar-refractivity contribution in [2.24, 2.45) is 11.8 Å². The van der Waals surface area contributed by atoms with Gasteiger partial charge < -0.3 is 20.6 Å². The standard InChI is InChI=1S/C10H15NO.C7H8O5/c1-8(11-2)10(12)9-6-4-3-5-7-9;8-3-1-4(6(9)10)5(2-3)7(11)12/h3-8,10-12H,1-2H3;4-5H,1-2H2,(H,9,10)(H,11,12)/t8-,10+;4-,5-/m11/s1. The van der Waals surface area contributed by atoms with Gasteiger partial charge in [0.15, 0.2) is 0 Å². The van der Waals surface area contributed by atoms with Crippen molar-refractivity contribution in [3.8, 4) is 0 Å². The Morgan fingerprint density at radius 2 is 1.54 bits per heavy atom. The molecule has 4 atom stereocenters. The van der Waals surface area contributed by atoms with Crippen LogP contribution in [0, 0.1) is 11.8 Å². The van der Waals surface area contributed by atoms with Crippen LogP contribution in [0.4, 0.5) is 0 Å². The van der Waals surface area contributed by atoms with Gasteiger partial charge in [0.05, 0.1) is 17.9 Å². The Morgan fingerprint density at radius 1 is 1.08 bits per heavy atom. The number of Topliss-reactive ketones (excluding diaryl/α,β-unsaturated/α-hetero) is 1. The van der Waals surface area contributed by atoms with E-state index in [0.29, 0.717) is 0 Å². The number of hydrogen-bond acceptors (Lipinski definition) is 5. The molecule has 1 aromatic rings. The summed E-state index contributed by atoms with van der Waals surface area (Å²) >= 11 is 0. The van der Waals surface area contributed by atoms with E-state index in [4.69, 9.17) is 10.2 Å². The van der Waals surface area contributed by atoms with Crippen LogP contribution in [0.15, 0.2) is 30.3 Å². The Kier molecular flexibility index (Phi) is 7.54. The molecule has 0 aliphatic heterocycles. The Bertz CT molecular complexity index is 550. The predicted molar refractivity (Wildman–Crippen MR) is 86.4 cm³/mol. The summed E-state index contributed by atoms with van der Waals surface area (Å²) in [5, 5.41) is 29.8. The molecule has 0 radical (unpaired) electrons. The number of carboxylic acids is 2. The molecule has 24 heavy (non-hydrogen) atoms. The second-order valence-electron chi connectivity index (χ2n) is 5.77. The van der Waals surface area contributed by atoms with Gasteiger partial charge in [0.1, 0.15) is 5.78 Å². The number of carbonyl (C=O) groups is 3. The summed E-state index contributed by atoms with van der Waals surface area (Å²) in [6.07, 6.45) is -0.713. The molecule has 1 aliphatic rings. The smallest absolute Gasteiger partial charge is 0.307 e. The highest BCUT2D eigenvalue weighted by Crippen LogP contribution is 2.29. The summed E-state index contributed by atoms with van der Waals surface area (Å²) in [5.41, 5.74) is 0.958. The van der Waals surface area contributed by atoms with Gasteiger partial charge in [-0.3, -0.25) is 14.4 Å². The van der Waals surface area contributed by atoms with E-state index >= 15 is 0 Å². The van der Waals surface area contributed by atoms with Crippen LogP contribution in [0.5, 0.6) is 0 Å². The highest BCUT2D eigenvalue weighted by molar-refractivity contribution is 5.94. The van der Waals surface area contributed by atoms with Gasteiger partial charge in [-0.1, -0.05) is 30.3 Å². The van der Waals surface area contributed by atoms with E-state index in [1.807, 2.05) is 44.3 Å². The summed E-state index contributed by atoms with van der Waals surface area (Å²) in [7, 11) is 1.84. The second-order valence-corrected chi connectivity index (χ2v) is 5.77. The molecule has 4 N–H and O–H groups in total. The highest BCUT2D eigenvalue weighted by atomic mass is 16.4. The lowest BCUT2D eigenvalue weighted by molar-refractivity contribution is -0.152. The first-order chi connectivity index (χ1) is 11.3. The maximum Gasteiger partial charge on any atom is 0.307 e. The summed E-state index contributed by atoms with van der Waals surface area (Å²) < 4.78 is 0. The molecule has 132 valence electrons. The predicted octanol–water partition coefficient (Wildman–Crippen LogP) is 1.08. The van der Waals surface area contributed by atoms with Gasteiger partial charge >= 0.3 is 11.9 Å². The summed E-state index contributed by atoms with van der Waals surface area (Å²) in [4.78, 5) is 31.6. The van der Waals surface area contributed by atoms with Crippen molar-refractivity contribution < 1.29 is 29.7 Å². The van der Waals surface area contributed by atoms with Crippen LogP contribution in [0.3, 0.4) is 0 Å². The fourth-order valence-corrected chi connectivity index (χ4v) is 2.47. The minimum Gasteiger partial charge on any atom is -0.481 e. The quantitative estimate of drug-likeness (QED) is 0.634. The molecule has 0 spiro atoms. The van der Waals surface area contributed by atoms with Gasteiger partial charge in [-0.25, -0.2) is 0 Å². The molecule has 0 saturated heterocycles. The van der Waals surface area contributed by atoms with Gasteiger partial charge in [-0.15, -0.1) is 0 Å². The zero-order valence-corrected chi connectivity index (χ0v) is 13.7. The lowest BCUT2D eigenvalue weighted by Gasteiger charge is -2.17. The van der Waals surface area contributed by atoms with E-state index in [9.17, 15) is 19.5 Å². The molecule has 1 fully saturated rings. The molecule has 0 aromatic heterocycles. The third-order valence-corrected chi connectivity index (χ3v) is 4.09. The first-order valence-electron chi connectivity index (χ1n) is 7.65. The van der Waals surface area contributed by atoms with Gasteiger partial charge in [0.2, 0.25) is 0 Å². The Morgan fingerprint density at radius 3 is 1.92 bits per heavy atom. The molecule has 0 heterocycles. The van der Waals surface area contributed by atoms with Crippen LogP contribution in [0.1, 0.15) is 31.4 Å². The largest absolute Gasteiger partial charge is 0.481 e. The minimum absolute atomic E-state index is 0.0902. The number of rotatable bonds is 5. The Hall–Kier alpha value is -2.25. The van der Waals surface area contributed by atoms with E-state index < -0.39 is 29.9 Å². The van der Waals surface area contributed by atoms with Gasteiger partial charge in [-0.05, 0) is 19.5 Å². The van der Waals surface area contributed by atoms with Crippen molar-refractivity contribution in [1.82, 2.24) is 5.32 Å². The zero-order valence-electron chi connectivity index (χ0n) is 13.7. The third-order valence-electron chi connectivity index (χ3n) is 4.09. The van der Waals surface area contributed by atoms with E-state index in [1.165, 1.54) is 0 Å². The molecule has 7 nitrogen and oxygen atoms in total. The maximum absolute atomic E-state index is 10.7. The highest BCUT2D eigenvalue weighted by Gasteiger charge is 2.42. The van der Waals surface area contributed by atoms with E-state index in [0.717, 1.165) is 5.56 Å². The molecular formula is C17H23NO6. The third kappa shape index (κ3) is 5.43. The number of hydrogen-bond donors (Lipinski definition) is 4. The number of aliphatic hydroxyl groups is 1. The SMILES string of the molecule is CN[C@H](C)[C@H](O)c1ccccc1.O=C1C[C@@H](C(=O)O)[C@H](C(=O)O)C1. The Balaban J connectivity index is 0.000000240. The van der Waals surface area contributed by atoms with Crippen LogP contribution < -0.4 is 5.32 Å². The van der Waals surface area contributed by atoms with Crippen molar-refractivity contribution in [2.75, 3.05) is 7.05 Å². The first kappa shape index (κ1) is 19.8. The Labute approximate surface area is 140 Å². The van der Waals surface area contributed by atoms with E-state index in [-0.39, 0.29) is 24.7 Å². The normalized spacial score (nSPS) is 22.2. The molecular weight excluding hydrogens is 314 g/mol. The van der Waals surface area contributed by atoms with E-state index in [2.05, 4.69) is 5.32 Å². The number of carboxylic acid groups (broad SMARTS) is 2. The van der Waals surface area contributed by atoms with Gasteiger partial charge in [0.25, 0.3) is 0 Å². The van der Waals surface area contributed by atoms with Gasteiger partial charge in [-0.2, -0.15) is 0 Å². The number of likely N-dealkylation sites (N-methyl/N-ethyl adjacent to an activating group) is 1.